The molecule has 0 heterocycles. The lowest BCUT2D eigenvalue weighted by molar-refractivity contribution is 0.284. The van der Waals surface area contributed by atoms with E-state index in [-0.39, 0.29) is 6.61 Å². The molecule has 1 atom stereocenters. The van der Waals surface area contributed by atoms with Crippen LogP contribution in [0.5, 0.6) is 0 Å². The zero-order valence-corrected chi connectivity index (χ0v) is 11.9. The largest absolute Gasteiger partial charge is 0.359 e. The van der Waals surface area contributed by atoms with Crippen LogP contribution in [0.15, 0.2) is 48.5 Å². The van der Waals surface area contributed by atoms with Crippen molar-refractivity contribution >= 4 is 12.9 Å². The van der Waals surface area contributed by atoms with Crippen molar-refractivity contribution in [2.45, 2.75) is 13.8 Å². The second kappa shape index (κ2) is 5.70. The van der Waals surface area contributed by atoms with Gasteiger partial charge in [-0.3, -0.25) is 4.57 Å². The van der Waals surface area contributed by atoms with Gasteiger partial charge < -0.3 is 9.42 Å². The van der Waals surface area contributed by atoms with Crippen LogP contribution in [0.2, 0.25) is 0 Å². The SMILES string of the molecule is CCOP(=O)(O)c1ccccc1-c1ccccc1C. The third-order valence-electron chi connectivity index (χ3n) is 2.95. The zero-order chi connectivity index (χ0) is 13.9. The van der Waals surface area contributed by atoms with Crippen molar-refractivity contribution in [3.63, 3.8) is 0 Å². The summed E-state index contributed by atoms with van der Waals surface area (Å²) in [6.07, 6.45) is 0. The molecule has 2 aromatic carbocycles. The highest BCUT2D eigenvalue weighted by atomic mass is 31.2. The lowest BCUT2D eigenvalue weighted by Gasteiger charge is -2.16. The number of aryl methyl sites for hydroxylation is 1. The van der Waals surface area contributed by atoms with Gasteiger partial charge in [0.25, 0.3) is 0 Å². The van der Waals surface area contributed by atoms with E-state index < -0.39 is 7.60 Å². The molecule has 0 aliphatic rings. The molecule has 2 rings (SSSR count). The summed E-state index contributed by atoms with van der Waals surface area (Å²) in [7, 11) is -3.77. The van der Waals surface area contributed by atoms with E-state index in [1.54, 1.807) is 19.1 Å². The summed E-state index contributed by atoms with van der Waals surface area (Å²) in [5.74, 6) is 0. The van der Waals surface area contributed by atoms with Crippen LogP contribution in [-0.2, 0) is 9.09 Å². The Morgan fingerprint density at radius 1 is 1.05 bits per heavy atom. The van der Waals surface area contributed by atoms with Gasteiger partial charge in [0.05, 0.1) is 11.9 Å². The monoisotopic (exact) mass is 276 g/mol. The Morgan fingerprint density at radius 3 is 2.26 bits per heavy atom. The van der Waals surface area contributed by atoms with Crippen LogP contribution >= 0.6 is 7.60 Å². The highest BCUT2D eigenvalue weighted by Gasteiger charge is 2.25. The van der Waals surface area contributed by atoms with E-state index in [2.05, 4.69) is 0 Å². The third kappa shape index (κ3) is 2.95. The van der Waals surface area contributed by atoms with Crippen LogP contribution in [0.1, 0.15) is 12.5 Å². The van der Waals surface area contributed by atoms with Crippen LogP contribution in [0, 0.1) is 6.92 Å². The highest BCUT2D eigenvalue weighted by molar-refractivity contribution is 7.61. The normalized spacial score (nSPS) is 14.1. The van der Waals surface area contributed by atoms with E-state index in [1.807, 2.05) is 43.3 Å². The summed E-state index contributed by atoms with van der Waals surface area (Å²) in [5.41, 5.74) is 2.76. The topological polar surface area (TPSA) is 46.5 Å². The van der Waals surface area contributed by atoms with Crippen molar-refractivity contribution in [1.29, 1.82) is 0 Å². The molecule has 3 nitrogen and oxygen atoms in total. The number of hydrogen-bond donors (Lipinski definition) is 1. The predicted molar refractivity (Wildman–Crippen MR) is 77.7 cm³/mol. The minimum Gasteiger partial charge on any atom is -0.321 e. The molecular weight excluding hydrogens is 259 g/mol. The smallest absolute Gasteiger partial charge is 0.321 e. The molecule has 2 aromatic rings. The fraction of sp³-hybridized carbons (Fsp3) is 0.200. The van der Waals surface area contributed by atoms with Crippen LogP contribution < -0.4 is 5.30 Å². The molecule has 0 amide bonds. The van der Waals surface area contributed by atoms with Gasteiger partial charge in [-0.2, -0.15) is 0 Å². The summed E-state index contributed by atoms with van der Waals surface area (Å²) in [5, 5.41) is 0.353. The fourth-order valence-corrected chi connectivity index (χ4v) is 3.33. The molecular formula is C15H17O3P. The van der Waals surface area contributed by atoms with Gasteiger partial charge >= 0.3 is 7.60 Å². The van der Waals surface area contributed by atoms with Crippen molar-refractivity contribution in [2.24, 2.45) is 0 Å². The Morgan fingerprint density at radius 2 is 1.63 bits per heavy atom. The van der Waals surface area contributed by atoms with Gasteiger partial charge in [-0.25, -0.2) is 0 Å². The molecule has 0 spiro atoms. The fourth-order valence-electron chi connectivity index (χ4n) is 2.07. The van der Waals surface area contributed by atoms with Crippen molar-refractivity contribution in [2.75, 3.05) is 6.61 Å². The van der Waals surface area contributed by atoms with Gasteiger partial charge in [-0.15, -0.1) is 0 Å². The van der Waals surface area contributed by atoms with Crippen LogP contribution in [0.25, 0.3) is 11.1 Å². The van der Waals surface area contributed by atoms with Gasteiger partial charge in [0.2, 0.25) is 0 Å². The van der Waals surface area contributed by atoms with Crippen molar-refractivity contribution < 1.29 is 14.0 Å². The number of benzene rings is 2. The number of hydrogen-bond acceptors (Lipinski definition) is 2. The van der Waals surface area contributed by atoms with Gasteiger partial charge in [-0.1, -0.05) is 42.5 Å². The average Bonchev–Trinajstić information content (AvgIpc) is 2.39. The van der Waals surface area contributed by atoms with E-state index in [0.717, 1.165) is 16.7 Å². The first-order chi connectivity index (χ1) is 9.06. The van der Waals surface area contributed by atoms with Crippen molar-refractivity contribution in [3.8, 4) is 11.1 Å². The maximum absolute atomic E-state index is 12.3. The summed E-state index contributed by atoms with van der Waals surface area (Å²) in [6.45, 7) is 3.89. The van der Waals surface area contributed by atoms with Gasteiger partial charge in [0, 0.05) is 0 Å². The summed E-state index contributed by atoms with van der Waals surface area (Å²) < 4.78 is 17.3. The lowest BCUT2D eigenvalue weighted by atomic mass is 10.0. The number of rotatable bonds is 4. The maximum Gasteiger partial charge on any atom is 0.359 e. The van der Waals surface area contributed by atoms with E-state index in [1.165, 1.54) is 0 Å². The Kier molecular flexibility index (Phi) is 4.20. The van der Waals surface area contributed by atoms with Crippen LogP contribution in [-0.4, -0.2) is 11.5 Å². The first-order valence-electron chi connectivity index (χ1n) is 6.19. The molecule has 4 heteroatoms. The second-order valence-electron chi connectivity index (χ2n) is 4.27. The maximum atomic E-state index is 12.3. The summed E-state index contributed by atoms with van der Waals surface area (Å²) in [6, 6.07) is 14.9. The molecule has 0 bridgehead atoms. The molecule has 0 saturated carbocycles. The van der Waals surface area contributed by atoms with Crippen molar-refractivity contribution in [1.82, 2.24) is 0 Å². The first kappa shape index (κ1) is 14.0. The van der Waals surface area contributed by atoms with Crippen molar-refractivity contribution in [3.05, 3.63) is 54.1 Å². The van der Waals surface area contributed by atoms with E-state index in [0.29, 0.717) is 5.30 Å². The molecule has 0 saturated heterocycles. The second-order valence-corrected chi connectivity index (χ2v) is 6.05. The van der Waals surface area contributed by atoms with E-state index in [9.17, 15) is 9.46 Å². The minimum absolute atomic E-state index is 0.204. The van der Waals surface area contributed by atoms with E-state index >= 15 is 0 Å². The molecule has 1 N–H and O–H groups in total. The van der Waals surface area contributed by atoms with Crippen LogP contribution in [0.4, 0.5) is 0 Å². The quantitative estimate of drug-likeness (QED) is 0.869. The van der Waals surface area contributed by atoms with E-state index in [4.69, 9.17) is 4.52 Å². The third-order valence-corrected chi connectivity index (χ3v) is 4.55. The highest BCUT2D eigenvalue weighted by Crippen LogP contribution is 2.43. The minimum atomic E-state index is -3.77. The molecule has 0 radical (unpaired) electrons. The zero-order valence-electron chi connectivity index (χ0n) is 11.0. The molecule has 0 aromatic heterocycles. The average molecular weight is 276 g/mol. The molecule has 0 aliphatic heterocycles. The Hall–Kier alpha value is -1.41. The van der Waals surface area contributed by atoms with Gasteiger partial charge in [0.1, 0.15) is 0 Å². The molecule has 0 aliphatic carbocycles. The summed E-state index contributed by atoms with van der Waals surface area (Å²) in [4.78, 5) is 10.1. The molecule has 19 heavy (non-hydrogen) atoms. The van der Waals surface area contributed by atoms with Crippen LogP contribution in [0.3, 0.4) is 0 Å². The predicted octanol–water partition coefficient (Wildman–Crippen LogP) is 3.51. The first-order valence-corrected chi connectivity index (χ1v) is 7.77. The lowest BCUT2D eigenvalue weighted by Crippen LogP contribution is -2.10. The Balaban J connectivity index is 2.60. The summed E-state index contributed by atoms with van der Waals surface area (Å²) >= 11 is 0. The van der Waals surface area contributed by atoms with Gasteiger partial charge in [-0.05, 0) is 36.6 Å². The molecule has 1 unspecified atom stereocenters. The van der Waals surface area contributed by atoms with Gasteiger partial charge in [0.15, 0.2) is 0 Å². The Labute approximate surface area is 113 Å². The Bertz CT molecular complexity index is 622. The molecule has 0 fully saturated rings. The molecule has 100 valence electrons. The standard InChI is InChI=1S/C15H17O3P/c1-3-18-19(16,17)15-11-7-6-10-14(15)13-9-5-4-8-12(13)2/h4-11H,3H2,1-2H3,(H,16,17).